The third-order valence-electron chi connectivity index (χ3n) is 4.31. The van der Waals surface area contributed by atoms with Crippen molar-refractivity contribution in [1.29, 1.82) is 0 Å². The van der Waals surface area contributed by atoms with Gasteiger partial charge in [0.2, 0.25) is 10.0 Å². The number of halogens is 5. The second kappa shape index (κ2) is 9.05. The first-order valence-electron chi connectivity index (χ1n) is 8.98. The molecule has 0 radical (unpaired) electrons. The number of carbonyl (C=O) groups is 1. The second-order valence-electron chi connectivity index (χ2n) is 6.63. The van der Waals surface area contributed by atoms with Gasteiger partial charge in [-0.05, 0) is 54.1 Å². The summed E-state index contributed by atoms with van der Waals surface area (Å²) < 4.78 is 92.8. The largest absolute Gasteiger partial charge is 0.416 e. The Kier molecular flexibility index (Phi) is 6.60. The van der Waals surface area contributed by atoms with Crippen molar-refractivity contribution >= 4 is 21.6 Å². The van der Waals surface area contributed by atoms with Crippen molar-refractivity contribution in [3.05, 3.63) is 95.1 Å². The minimum atomic E-state index is -4.62. The van der Waals surface area contributed by atoms with Crippen molar-refractivity contribution in [1.82, 2.24) is 4.72 Å². The number of benzene rings is 3. The van der Waals surface area contributed by atoms with E-state index in [9.17, 15) is 35.2 Å². The molecule has 11 heteroatoms. The van der Waals surface area contributed by atoms with Crippen molar-refractivity contribution in [2.24, 2.45) is 0 Å². The van der Waals surface area contributed by atoms with Gasteiger partial charge in [0, 0.05) is 17.8 Å². The first kappa shape index (κ1) is 23.4. The average Bonchev–Trinajstić information content (AvgIpc) is 2.73. The number of sulfonamides is 1. The zero-order chi connectivity index (χ0) is 23.5. The molecular weight excluding hydrogens is 455 g/mol. The van der Waals surface area contributed by atoms with Gasteiger partial charge in [-0.25, -0.2) is 21.9 Å². The molecule has 0 aliphatic heterocycles. The van der Waals surface area contributed by atoms with Crippen LogP contribution in [0.2, 0.25) is 0 Å². The lowest BCUT2D eigenvalue weighted by Gasteiger charge is -2.11. The van der Waals surface area contributed by atoms with E-state index >= 15 is 0 Å². The third kappa shape index (κ3) is 5.68. The van der Waals surface area contributed by atoms with Crippen LogP contribution in [0.4, 0.5) is 27.6 Å². The molecule has 5 nitrogen and oxygen atoms in total. The van der Waals surface area contributed by atoms with Gasteiger partial charge in [-0.3, -0.25) is 4.79 Å². The molecule has 0 bridgehead atoms. The van der Waals surface area contributed by atoms with Crippen LogP contribution in [0, 0.1) is 11.6 Å². The molecule has 3 aromatic carbocycles. The van der Waals surface area contributed by atoms with Crippen molar-refractivity contribution in [2.45, 2.75) is 17.6 Å². The lowest BCUT2D eigenvalue weighted by atomic mass is 10.1. The molecule has 0 spiro atoms. The third-order valence-corrected chi connectivity index (χ3v) is 5.73. The summed E-state index contributed by atoms with van der Waals surface area (Å²) in [5, 5.41) is 2.22. The van der Waals surface area contributed by atoms with E-state index < -0.39 is 44.2 Å². The normalized spacial score (nSPS) is 11.9. The van der Waals surface area contributed by atoms with Crippen molar-refractivity contribution in [3.8, 4) is 0 Å². The Morgan fingerprint density at radius 1 is 0.906 bits per heavy atom. The fraction of sp³-hybridized carbons (Fsp3) is 0.0952. The number of nitrogens with one attached hydrogen (secondary N) is 2. The van der Waals surface area contributed by atoms with Crippen LogP contribution in [0.25, 0.3) is 0 Å². The first-order valence-corrected chi connectivity index (χ1v) is 10.5. The van der Waals surface area contributed by atoms with Crippen molar-refractivity contribution in [2.75, 3.05) is 5.32 Å². The summed E-state index contributed by atoms with van der Waals surface area (Å²) in [6.07, 6.45) is -4.62. The average molecular weight is 470 g/mol. The van der Waals surface area contributed by atoms with Crippen LogP contribution in [-0.4, -0.2) is 14.3 Å². The van der Waals surface area contributed by atoms with Gasteiger partial charge in [0.25, 0.3) is 5.91 Å². The summed E-state index contributed by atoms with van der Waals surface area (Å²) in [4.78, 5) is 11.6. The molecule has 0 aromatic heterocycles. The van der Waals surface area contributed by atoms with Gasteiger partial charge in [0.15, 0.2) is 0 Å². The quantitative estimate of drug-likeness (QED) is 0.513. The molecule has 0 aliphatic rings. The van der Waals surface area contributed by atoms with E-state index in [1.54, 1.807) is 0 Å². The zero-order valence-electron chi connectivity index (χ0n) is 16.1. The lowest BCUT2D eigenvalue weighted by Crippen LogP contribution is -2.25. The van der Waals surface area contributed by atoms with Gasteiger partial charge in [-0.15, -0.1) is 0 Å². The highest BCUT2D eigenvalue weighted by Crippen LogP contribution is 2.30. The van der Waals surface area contributed by atoms with Crippen LogP contribution in [0.5, 0.6) is 0 Å². The van der Waals surface area contributed by atoms with Gasteiger partial charge in [-0.2, -0.15) is 13.2 Å². The van der Waals surface area contributed by atoms with Crippen LogP contribution < -0.4 is 10.0 Å². The minimum absolute atomic E-state index is 0.173. The Hall–Kier alpha value is -3.31. The van der Waals surface area contributed by atoms with Crippen molar-refractivity contribution < 1.29 is 35.2 Å². The van der Waals surface area contributed by atoms with Gasteiger partial charge < -0.3 is 5.32 Å². The molecular formula is C21H15F5N2O3S. The summed E-state index contributed by atoms with van der Waals surface area (Å²) in [6.45, 7) is -0.261. The van der Waals surface area contributed by atoms with E-state index in [-0.39, 0.29) is 17.8 Å². The number of hydrogen-bond donors (Lipinski definition) is 2. The maximum absolute atomic E-state index is 14.2. The van der Waals surface area contributed by atoms with Gasteiger partial charge >= 0.3 is 6.18 Å². The molecule has 0 saturated carbocycles. The highest BCUT2D eigenvalue weighted by atomic mass is 32.2. The Morgan fingerprint density at radius 3 is 2.25 bits per heavy atom. The predicted molar refractivity (Wildman–Crippen MR) is 106 cm³/mol. The molecule has 0 unspecified atom stereocenters. The van der Waals surface area contributed by atoms with Gasteiger partial charge in [-0.1, -0.05) is 18.2 Å². The molecule has 0 atom stereocenters. The van der Waals surface area contributed by atoms with Crippen LogP contribution in [0.3, 0.4) is 0 Å². The molecule has 168 valence electrons. The zero-order valence-corrected chi connectivity index (χ0v) is 16.9. The number of hydrogen-bond acceptors (Lipinski definition) is 3. The Bertz CT molecular complexity index is 1240. The number of anilines is 1. The summed E-state index contributed by atoms with van der Waals surface area (Å²) in [5.74, 6) is -2.58. The van der Waals surface area contributed by atoms with E-state index in [0.29, 0.717) is 11.6 Å². The van der Waals surface area contributed by atoms with Gasteiger partial charge in [0.1, 0.15) is 16.5 Å². The highest BCUT2D eigenvalue weighted by molar-refractivity contribution is 7.89. The number of alkyl halides is 3. The van der Waals surface area contributed by atoms with E-state index in [4.69, 9.17) is 0 Å². The number of carbonyl (C=O) groups excluding carboxylic acids is 1. The maximum Gasteiger partial charge on any atom is 0.416 e. The summed E-state index contributed by atoms with van der Waals surface area (Å²) >= 11 is 0. The molecule has 0 saturated heterocycles. The first-order chi connectivity index (χ1) is 15.0. The number of amides is 1. The Morgan fingerprint density at radius 2 is 1.59 bits per heavy atom. The molecule has 0 fully saturated rings. The molecule has 3 aromatic rings. The van der Waals surface area contributed by atoms with E-state index in [2.05, 4.69) is 10.0 Å². The highest BCUT2D eigenvalue weighted by Gasteiger charge is 2.30. The van der Waals surface area contributed by atoms with Crippen LogP contribution in [-0.2, 0) is 22.7 Å². The van der Waals surface area contributed by atoms with Gasteiger partial charge in [0.05, 0.1) is 5.56 Å². The van der Waals surface area contributed by atoms with E-state index in [0.717, 1.165) is 42.5 Å². The molecule has 3 rings (SSSR count). The SMILES string of the molecule is O=C(Nc1cccc(C(F)(F)F)c1)c1ccc(F)c(S(=O)(=O)NCc2ccc(F)cc2)c1. The summed E-state index contributed by atoms with van der Waals surface area (Å²) in [6, 6.07) is 11.3. The maximum atomic E-state index is 14.2. The Balaban J connectivity index is 1.80. The molecule has 0 heterocycles. The molecule has 0 aliphatic carbocycles. The minimum Gasteiger partial charge on any atom is -0.322 e. The van der Waals surface area contributed by atoms with Crippen molar-refractivity contribution in [3.63, 3.8) is 0 Å². The predicted octanol–water partition coefficient (Wildman–Crippen LogP) is 4.71. The summed E-state index contributed by atoms with van der Waals surface area (Å²) in [7, 11) is -4.40. The van der Waals surface area contributed by atoms with Crippen LogP contribution in [0.1, 0.15) is 21.5 Å². The fourth-order valence-corrected chi connectivity index (χ4v) is 3.80. The van der Waals surface area contributed by atoms with E-state index in [1.165, 1.54) is 18.2 Å². The topological polar surface area (TPSA) is 75.3 Å². The van der Waals surface area contributed by atoms with E-state index in [1.807, 2.05) is 0 Å². The summed E-state index contributed by atoms with van der Waals surface area (Å²) in [5.41, 5.74) is -1.03. The molecule has 32 heavy (non-hydrogen) atoms. The molecule has 2 N–H and O–H groups in total. The second-order valence-corrected chi connectivity index (χ2v) is 8.36. The standard InChI is InChI=1S/C21H15F5N2O3S/c22-16-7-4-13(5-8-16)12-27-32(30,31)19-10-14(6-9-18(19)23)20(29)28-17-3-1-2-15(11-17)21(24,25)26/h1-11,27H,12H2,(H,28,29). The molecule has 1 amide bonds. The van der Waals surface area contributed by atoms with Crippen LogP contribution >= 0.6 is 0 Å². The monoisotopic (exact) mass is 470 g/mol. The van der Waals surface area contributed by atoms with Crippen LogP contribution in [0.15, 0.2) is 71.6 Å². The fourth-order valence-electron chi connectivity index (χ4n) is 2.69. The lowest BCUT2D eigenvalue weighted by molar-refractivity contribution is -0.137. The number of rotatable bonds is 6. The Labute approximate surface area is 179 Å². The smallest absolute Gasteiger partial charge is 0.322 e.